The van der Waals surface area contributed by atoms with Crippen LogP contribution < -0.4 is 11.2 Å². The van der Waals surface area contributed by atoms with Crippen molar-refractivity contribution in [3.8, 4) is 0 Å². The lowest BCUT2D eigenvalue weighted by Crippen LogP contribution is -2.41. The Morgan fingerprint density at radius 1 is 1.25 bits per heavy atom. The van der Waals surface area contributed by atoms with Crippen LogP contribution in [0.1, 0.15) is 42.2 Å². The summed E-state index contributed by atoms with van der Waals surface area (Å²) in [5.74, 6) is -0.857. The van der Waals surface area contributed by atoms with Gasteiger partial charge in [0.05, 0.1) is 28.0 Å². The number of hydrogen-bond acceptors (Lipinski definition) is 5. The Kier molecular flexibility index (Phi) is 2.67. The van der Waals surface area contributed by atoms with E-state index in [0.29, 0.717) is 0 Å². The van der Waals surface area contributed by atoms with E-state index < -0.39 is 30.3 Å². The standard InChI is InChI=1S/C14H20BNO4/c1-13(2)14(3,4)20-15(19-13)10-6-9(12(17)18-5)7-11(16)8-10/h6-8H,16H2,1-5H3/i6D,7D,8D. The highest BCUT2D eigenvalue weighted by Crippen LogP contribution is 2.36. The molecule has 0 radical (unpaired) electrons. The monoisotopic (exact) mass is 280 g/mol. The molecule has 1 aromatic carbocycles. The van der Waals surface area contributed by atoms with Gasteiger partial charge >= 0.3 is 13.1 Å². The smallest absolute Gasteiger partial charge is 0.465 e. The van der Waals surface area contributed by atoms with Crippen LogP contribution in [0, 0.1) is 0 Å². The van der Waals surface area contributed by atoms with Crippen molar-refractivity contribution in [1.82, 2.24) is 0 Å². The van der Waals surface area contributed by atoms with Gasteiger partial charge in [0.25, 0.3) is 0 Å². The van der Waals surface area contributed by atoms with E-state index in [1.54, 1.807) is 0 Å². The topological polar surface area (TPSA) is 70.8 Å². The zero-order valence-corrected chi connectivity index (χ0v) is 12.3. The van der Waals surface area contributed by atoms with Crippen LogP contribution in [0.15, 0.2) is 18.1 Å². The first-order chi connectivity index (χ1) is 10.4. The highest BCUT2D eigenvalue weighted by molar-refractivity contribution is 6.62. The third-order valence-corrected chi connectivity index (χ3v) is 3.67. The molecule has 2 rings (SSSR count). The molecule has 0 aromatic heterocycles. The quantitative estimate of drug-likeness (QED) is 0.503. The van der Waals surface area contributed by atoms with E-state index in [1.165, 1.54) is 0 Å². The van der Waals surface area contributed by atoms with Crippen molar-refractivity contribution in [2.45, 2.75) is 38.9 Å². The maximum atomic E-state index is 11.9. The minimum Gasteiger partial charge on any atom is -0.465 e. The highest BCUT2D eigenvalue weighted by atomic mass is 16.7. The molecule has 0 amide bonds. The second kappa shape index (κ2) is 4.79. The number of carbonyl (C=O) groups is 1. The van der Waals surface area contributed by atoms with Crippen molar-refractivity contribution in [1.29, 1.82) is 0 Å². The van der Waals surface area contributed by atoms with Crippen LogP contribution in [0.5, 0.6) is 0 Å². The Hall–Kier alpha value is -1.53. The maximum Gasteiger partial charge on any atom is 0.494 e. The molecule has 0 unspecified atom stereocenters. The van der Waals surface area contributed by atoms with Crippen LogP contribution in [0.25, 0.3) is 0 Å². The number of nitrogens with two attached hydrogens (primary N) is 1. The number of anilines is 1. The number of hydrogen-bond donors (Lipinski definition) is 1. The molecule has 1 heterocycles. The highest BCUT2D eigenvalue weighted by Gasteiger charge is 2.51. The van der Waals surface area contributed by atoms with Gasteiger partial charge in [0.1, 0.15) is 0 Å². The molecule has 1 aromatic rings. The first kappa shape index (κ1) is 11.2. The summed E-state index contributed by atoms with van der Waals surface area (Å²) in [6, 6.07) is -0.974. The van der Waals surface area contributed by atoms with Crippen LogP contribution in [-0.4, -0.2) is 31.4 Å². The van der Waals surface area contributed by atoms with Crippen molar-refractivity contribution in [3.05, 3.63) is 23.7 Å². The van der Waals surface area contributed by atoms with Crippen LogP contribution in [-0.2, 0) is 14.0 Å². The number of carbonyl (C=O) groups excluding carboxylic acids is 1. The summed E-state index contributed by atoms with van der Waals surface area (Å²) in [6.45, 7) is 7.35. The lowest BCUT2D eigenvalue weighted by molar-refractivity contribution is 0.00578. The SMILES string of the molecule is [2H]c1c(N)c([2H])c(C(=O)OC)c([2H])c1B1OC(C)(C)C(C)(C)O1. The van der Waals surface area contributed by atoms with E-state index in [-0.39, 0.29) is 28.8 Å². The zero-order chi connectivity index (χ0) is 17.7. The average Bonchev–Trinajstić information content (AvgIpc) is 2.64. The fourth-order valence-corrected chi connectivity index (χ4v) is 1.79. The van der Waals surface area contributed by atoms with E-state index in [2.05, 4.69) is 4.74 Å². The molecule has 5 nitrogen and oxygen atoms in total. The summed E-state index contributed by atoms with van der Waals surface area (Å²) in [7, 11) is 0.131. The lowest BCUT2D eigenvalue weighted by atomic mass is 9.78. The minimum absolute atomic E-state index is 0.0255. The second-order valence-electron chi connectivity index (χ2n) is 5.66. The largest absolute Gasteiger partial charge is 0.494 e. The molecule has 0 bridgehead atoms. The van der Waals surface area contributed by atoms with Crippen LogP contribution in [0.4, 0.5) is 5.69 Å². The Balaban J connectivity index is 2.65. The number of benzene rings is 1. The first-order valence-electron chi connectivity index (χ1n) is 7.77. The molecule has 0 atom stereocenters. The molecule has 1 fully saturated rings. The minimum atomic E-state index is -1.02. The van der Waals surface area contributed by atoms with Crippen molar-refractivity contribution in [3.63, 3.8) is 0 Å². The number of rotatable bonds is 2. The maximum absolute atomic E-state index is 11.9. The summed E-state index contributed by atoms with van der Waals surface area (Å²) in [5, 5.41) is 0. The van der Waals surface area contributed by atoms with E-state index in [9.17, 15) is 4.79 Å². The number of esters is 1. The lowest BCUT2D eigenvalue weighted by Gasteiger charge is -2.32. The van der Waals surface area contributed by atoms with Gasteiger partial charge in [0, 0.05) is 5.69 Å². The van der Waals surface area contributed by atoms with Gasteiger partial charge in [0.15, 0.2) is 0 Å². The number of nitrogen functional groups attached to an aromatic ring is 1. The van der Waals surface area contributed by atoms with E-state index in [0.717, 1.165) is 7.11 Å². The molecular formula is C14H20BNO4. The molecule has 20 heavy (non-hydrogen) atoms. The molecule has 6 heteroatoms. The van der Waals surface area contributed by atoms with E-state index >= 15 is 0 Å². The molecular weight excluding hydrogens is 257 g/mol. The van der Waals surface area contributed by atoms with Crippen LogP contribution in [0.2, 0.25) is 0 Å². The Morgan fingerprint density at radius 3 is 2.30 bits per heavy atom. The summed E-state index contributed by atoms with van der Waals surface area (Å²) in [5.41, 5.74) is 3.94. The number of ether oxygens (including phenoxy) is 1. The molecule has 2 N–H and O–H groups in total. The molecule has 108 valence electrons. The van der Waals surface area contributed by atoms with Crippen LogP contribution >= 0.6 is 0 Å². The Bertz CT molecular complexity index is 663. The second-order valence-corrected chi connectivity index (χ2v) is 5.66. The molecule has 0 aliphatic carbocycles. The van der Waals surface area contributed by atoms with Crippen molar-refractivity contribution < 1.29 is 23.0 Å². The fraction of sp³-hybridized carbons (Fsp3) is 0.500. The zero-order valence-electron chi connectivity index (χ0n) is 15.3. The molecule has 1 aliphatic rings. The van der Waals surface area contributed by atoms with Crippen molar-refractivity contribution >= 4 is 24.2 Å². The Labute approximate surface area is 123 Å². The van der Waals surface area contributed by atoms with Gasteiger partial charge in [-0.3, -0.25) is 0 Å². The average molecular weight is 280 g/mol. The summed E-state index contributed by atoms with van der Waals surface area (Å²) in [4.78, 5) is 11.9. The van der Waals surface area contributed by atoms with Gasteiger partial charge < -0.3 is 19.8 Å². The van der Waals surface area contributed by atoms with Gasteiger partial charge in [-0.2, -0.15) is 0 Å². The van der Waals surface area contributed by atoms with Crippen LogP contribution in [0.3, 0.4) is 0 Å². The van der Waals surface area contributed by atoms with E-state index in [4.69, 9.17) is 19.2 Å². The van der Waals surface area contributed by atoms with Gasteiger partial charge in [-0.1, -0.05) is 0 Å². The van der Waals surface area contributed by atoms with Crippen molar-refractivity contribution in [2.24, 2.45) is 0 Å². The Morgan fingerprint density at radius 2 is 1.80 bits per heavy atom. The first-order valence-corrected chi connectivity index (χ1v) is 6.27. The third kappa shape index (κ3) is 2.53. The molecule has 1 aliphatic heterocycles. The predicted molar refractivity (Wildman–Crippen MR) is 77.9 cm³/mol. The number of methoxy groups -OCH3 is 1. The van der Waals surface area contributed by atoms with E-state index in [1.807, 2.05) is 27.7 Å². The van der Waals surface area contributed by atoms with Gasteiger partial charge in [-0.15, -0.1) is 0 Å². The summed E-state index contributed by atoms with van der Waals surface area (Å²) in [6.07, 6.45) is 0. The summed E-state index contributed by atoms with van der Waals surface area (Å²) >= 11 is 0. The fourth-order valence-electron chi connectivity index (χ4n) is 1.79. The van der Waals surface area contributed by atoms with Gasteiger partial charge in [-0.05, 0) is 51.3 Å². The third-order valence-electron chi connectivity index (χ3n) is 3.67. The summed E-state index contributed by atoms with van der Waals surface area (Å²) < 4.78 is 40.5. The predicted octanol–water partition coefficient (Wildman–Crippen LogP) is 1.35. The normalized spacial score (nSPS) is 22.1. The van der Waals surface area contributed by atoms with Crippen molar-refractivity contribution in [2.75, 3.05) is 12.8 Å². The van der Waals surface area contributed by atoms with Gasteiger partial charge in [0.2, 0.25) is 0 Å². The van der Waals surface area contributed by atoms with Gasteiger partial charge in [-0.25, -0.2) is 4.79 Å². The molecule has 0 saturated carbocycles. The molecule has 1 saturated heterocycles. The molecule has 0 spiro atoms.